The van der Waals surface area contributed by atoms with E-state index in [2.05, 4.69) is 24.9 Å². The number of hydrogen-bond acceptors (Lipinski definition) is 9. The van der Waals surface area contributed by atoms with Crippen molar-refractivity contribution in [1.82, 2.24) is 24.6 Å². The Balaban J connectivity index is 1.72. The molecule has 1 saturated carbocycles. The maximum atomic E-state index is 13.0. The molecule has 0 aromatic carbocycles. The first-order chi connectivity index (χ1) is 17.2. The van der Waals surface area contributed by atoms with Gasteiger partial charge in [0.05, 0.1) is 18.2 Å². The van der Waals surface area contributed by atoms with E-state index in [1.165, 1.54) is 25.1 Å². The van der Waals surface area contributed by atoms with Gasteiger partial charge in [-0.1, -0.05) is 0 Å². The van der Waals surface area contributed by atoms with E-state index in [4.69, 9.17) is 10.5 Å². The molecular formula is C23H37N7O5S. The maximum Gasteiger partial charge on any atom is 0.328 e. The third-order valence-electron chi connectivity index (χ3n) is 6.87. The summed E-state index contributed by atoms with van der Waals surface area (Å²) in [5, 5.41) is 3.46. The molecule has 2 aromatic rings. The Bertz CT molecular complexity index is 1140. The van der Waals surface area contributed by atoms with Gasteiger partial charge in [0.1, 0.15) is 18.2 Å². The number of rotatable bonds is 11. The van der Waals surface area contributed by atoms with Gasteiger partial charge in [-0.3, -0.25) is 4.57 Å². The quantitative estimate of drug-likeness (QED) is 0.290. The number of nitrogens with zero attached hydrogens (tertiary/aromatic N) is 4. The first kappa shape index (κ1) is 27.8. The molecule has 13 heteroatoms. The zero-order valence-corrected chi connectivity index (χ0v) is 22.0. The van der Waals surface area contributed by atoms with Crippen LogP contribution in [0.15, 0.2) is 18.6 Å². The van der Waals surface area contributed by atoms with Crippen LogP contribution in [0, 0.1) is 5.92 Å². The minimum Gasteiger partial charge on any atom is -0.467 e. The van der Waals surface area contributed by atoms with Crippen LogP contribution in [0.4, 0.5) is 10.6 Å². The SMILES string of the molecule is CNS(=O)(=O)CC1CCC(N(C)c2ncnc3c2ccn3C(=O)N[C@@H](CCCCN)C(=O)OC)CC1. The summed E-state index contributed by atoms with van der Waals surface area (Å²) in [5.41, 5.74) is 5.97. The Hall–Kier alpha value is -2.77. The highest BCUT2D eigenvalue weighted by atomic mass is 32.2. The van der Waals surface area contributed by atoms with Gasteiger partial charge >= 0.3 is 12.0 Å². The number of carbonyl (C=O) groups excluding carboxylic acids is 2. The number of ether oxygens (including phenoxy) is 1. The van der Waals surface area contributed by atoms with Gasteiger partial charge in [0.25, 0.3) is 0 Å². The molecule has 2 heterocycles. The molecule has 4 N–H and O–H groups in total. The molecule has 1 amide bonds. The van der Waals surface area contributed by atoms with Crippen molar-refractivity contribution >= 4 is 38.9 Å². The van der Waals surface area contributed by atoms with Crippen LogP contribution < -0.4 is 20.7 Å². The summed E-state index contributed by atoms with van der Waals surface area (Å²) >= 11 is 0. The Morgan fingerprint density at radius 3 is 2.61 bits per heavy atom. The van der Waals surface area contributed by atoms with Gasteiger partial charge < -0.3 is 20.7 Å². The molecule has 200 valence electrons. The summed E-state index contributed by atoms with van der Waals surface area (Å²) in [6.07, 6.45) is 8.19. The lowest BCUT2D eigenvalue weighted by molar-refractivity contribution is -0.143. The lowest BCUT2D eigenvalue weighted by Crippen LogP contribution is -2.43. The molecule has 0 unspecified atom stereocenters. The van der Waals surface area contributed by atoms with Gasteiger partial charge in [-0.25, -0.2) is 32.7 Å². The molecule has 1 aliphatic rings. The van der Waals surface area contributed by atoms with Gasteiger partial charge in [-0.2, -0.15) is 0 Å². The Morgan fingerprint density at radius 2 is 1.97 bits per heavy atom. The monoisotopic (exact) mass is 523 g/mol. The van der Waals surface area contributed by atoms with Crippen LogP contribution in [0.3, 0.4) is 0 Å². The largest absolute Gasteiger partial charge is 0.467 e. The predicted molar refractivity (Wildman–Crippen MR) is 137 cm³/mol. The number of anilines is 1. The van der Waals surface area contributed by atoms with Crippen LogP contribution in [0.1, 0.15) is 44.9 Å². The molecule has 1 fully saturated rings. The topological polar surface area (TPSA) is 162 Å². The number of fused-ring (bicyclic) bond motifs is 1. The third kappa shape index (κ3) is 6.71. The lowest BCUT2D eigenvalue weighted by Gasteiger charge is -2.35. The van der Waals surface area contributed by atoms with Crippen LogP contribution >= 0.6 is 0 Å². The van der Waals surface area contributed by atoms with Crippen molar-refractivity contribution in [2.75, 3.05) is 38.4 Å². The molecule has 0 spiro atoms. The number of methoxy groups -OCH3 is 1. The number of sulfonamides is 1. The van der Waals surface area contributed by atoms with Crippen molar-refractivity contribution in [2.24, 2.45) is 11.7 Å². The van der Waals surface area contributed by atoms with E-state index in [1.54, 1.807) is 12.3 Å². The van der Waals surface area contributed by atoms with E-state index in [1.807, 2.05) is 7.05 Å². The van der Waals surface area contributed by atoms with Crippen LogP contribution in [0.2, 0.25) is 0 Å². The molecule has 0 aliphatic heterocycles. The smallest absolute Gasteiger partial charge is 0.328 e. The highest BCUT2D eigenvalue weighted by Crippen LogP contribution is 2.32. The molecule has 0 radical (unpaired) electrons. The number of carbonyl (C=O) groups is 2. The molecule has 3 rings (SSSR count). The van der Waals surface area contributed by atoms with Crippen LogP contribution in [0.25, 0.3) is 11.0 Å². The minimum atomic E-state index is -3.23. The summed E-state index contributed by atoms with van der Waals surface area (Å²) in [6.45, 7) is 0.508. The fourth-order valence-corrected chi connectivity index (χ4v) is 5.87. The number of unbranched alkanes of at least 4 members (excludes halogenated alkanes) is 1. The van der Waals surface area contributed by atoms with Crippen LogP contribution in [0.5, 0.6) is 0 Å². The minimum absolute atomic E-state index is 0.134. The number of nitrogens with two attached hydrogens (primary N) is 1. The summed E-state index contributed by atoms with van der Waals surface area (Å²) < 4.78 is 32.4. The average Bonchev–Trinajstić information content (AvgIpc) is 3.32. The standard InChI is InChI=1S/C23H37N7O5S/c1-25-36(33,34)14-16-7-9-17(10-8-16)29(2)20-18-11-13-30(21(18)27-15-26-20)23(32)28-19(22(31)35-3)6-4-5-12-24/h11,13,15-17,19,25H,4-10,12,14,24H2,1-3H3,(H,28,32)/t16?,17?,19-/m0/s1. The summed E-state index contributed by atoms with van der Waals surface area (Å²) in [6, 6.07) is 0.720. The Labute approximate surface area is 212 Å². The van der Waals surface area contributed by atoms with Crippen molar-refractivity contribution < 1.29 is 22.7 Å². The number of hydrogen-bond donors (Lipinski definition) is 3. The second kappa shape index (κ2) is 12.5. The second-order valence-corrected chi connectivity index (χ2v) is 11.2. The van der Waals surface area contributed by atoms with E-state index in [0.717, 1.165) is 32.1 Å². The van der Waals surface area contributed by atoms with Gasteiger partial charge in [0, 0.05) is 19.3 Å². The number of nitrogens with one attached hydrogen (secondary N) is 2. The molecule has 0 bridgehead atoms. The molecular weight excluding hydrogens is 486 g/mol. The van der Waals surface area contributed by atoms with Crippen molar-refractivity contribution in [1.29, 1.82) is 0 Å². The van der Waals surface area contributed by atoms with E-state index < -0.39 is 28.1 Å². The van der Waals surface area contributed by atoms with Crippen molar-refractivity contribution in [3.63, 3.8) is 0 Å². The van der Waals surface area contributed by atoms with E-state index in [-0.39, 0.29) is 17.7 Å². The number of aromatic nitrogens is 3. The predicted octanol–water partition coefficient (Wildman–Crippen LogP) is 1.20. The van der Waals surface area contributed by atoms with E-state index in [9.17, 15) is 18.0 Å². The van der Waals surface area contributed by atoms with Gasteiger partial charge in [-0.05, 0) is 70.5 Å². The van der Waals surface area contributed by atoms with Crippen LogP contribution in [-0.4, -0.2) is 80.5 Å². The molecule has 12 nitrogen and oxygen atoms in total. The molecule has 36 heavy (non-hydrogen) atoms. The maximum absolute atomic E-state index is 13.0. The summed E-state index contributed by atoms with van der Waals surface area (Å²) in [4.78, 5) is 36.1. The highest BCUT2D eigenvalue weighted by Gasteiger charge is 2.29. The highest BCUT2D eigenvalue weighted by molar-refractivity contribution is 7.89. The fourth-order valence-electron chi connectivity index (χ4n) is 4.75. The zero-order chi connectivity index (χ0) is 26.3. The van der Waals surface area contributed by atoms with Crippen LogP contribution in [-0.2, 0) is 19.6 Å². The number of esters is 1. The van der Waals surface area contributed by atoms with Crippen molar-refractivity contribution in [3.8, 4) is 0 Å². The molecule has 0 saturated heterocycles. The fraction of sp³-hybridized carbons (Fsp3) is 0.652. The number of amides is 1. The second-order valence-electron chi connectivity index (χ2n) is 9.20. The van der Waals surface area contributed by atoms with Gasteiger partial charge in [0.15, 0.2) is 5.65 Å². The molecule has 2 aromatic heterocycles. The van der Waals surface area contributed by atoms with Crippen molar-refractivity contribution in [3.05, 3.63) is 18.6 Å². The first-order valence-corrected chi connectivity index (χ1v) is 13.9. The zero-order valence-electron chi connectivity index (χ0n) is 21.1. The van der Waals surface area contributed by atoms with E-state index >= 15 is 0 Å². The normalized spacial score (nSPS) is 19.1. The van der Waals surface area contributed by atoms with Crippen molar-refractivity contribution in [2.45, 2.75) is 57.0 Å². The Kier molecular flexibility index (Phi) is 9.63. The Morgan fingerprint density at radius 1 is 1.25 bits per heavy atom. The lowest BCUT2D eigenvalue weighted by atomic mass is 9.86. The average molecular weight is 524 g/mol. The summed E-state index contributed by atoms with van der Waals surface area (Å²) in [7, 11) is 1.47. The summed E-state index contributed by atoms with van der Waals surface area (Å²) in [5.74, 6) is 0.472. The third-order valence-corrected chi connectivity index (χ3v) is 8.41. The first-order valence-electron chi connectivity index (χ1n) is 12.3. The van der Waals surface area contributed by atoms with Gasteiger partial charge in [0.2, 0.25) is 10.0 Å². The molecule has 1 aliphatic carbocycles. The molecule has 1 atom stereocenters. The van der Waals surface area contributed by atoms with Gasteiger partial charge in [-0.15, -0.1) is 0 Å². The van der Waals surface area contributed by atoms with E-state index in [0.29, 0.717) is 36.2 Å².